The Morgan fingerprint density at radius 1 is 0.952 bits per heavy atom. The van der Waals surface area contributed by atoms with Crippen molar-refractivity contribution in [2.75, 3.05) is 36.4 Å². The zero-order valence-electron chi connectivity index (χ0n) is 22.5. The van der Waals surface area contributed by atoms with E-state index in [-0.39, 0.29) is 5.82 Å². The molecule has 4 aromatic heterocycles. The van der Waals surface area contributed by atoms with E-state index >= 15 is 0 Å². The van der Waals surface area contributed by atoms with Gasteiger partial charge in [-0.05, 0) is 48.0 Å². The van der Waals surface area contributed by atoms with Crippen molar-refractivity contribution in [1.82, 2.24) is 25.3 Å². The highest BCUT2D eigenvalue weighted by molar-refractivity contribution is 6.05. The number of halogens is 3. The largest absolute Gasteiger partial charge is 0.367 e. The molecule has 1 aliphatic rings. The number of aromatic amines is 1. The minimum absolute atomic E-state index is 0.194. The van der Waals surface area contributed by atoms with Gasteiger partial charge in [0.1, 0.15) is 17.2 Å². The van der Waals surface area contributed by atoms with Crippen LogP contribution < -0.4 is 15.5 Å². The summed E-state index contributed by atoms with van der Waals surface area (Å²) < 4.78 is 40.3. The number of carbonyl (C=O) groups is 1. The summed E-state index contributed by atoms with van der Waals surface area (Å²) in [5.74, 6) is -2.16. The fraction of sp³-hybridized carbons (Fsp3) is 0.226. The maximum Gasteiger partial charge on any atom is 0.239 e. The van der Waals surface area contributed by atoms with Gasteiger partial charge in [-0.25, -0.2) is 18.2 Å². The van der Waals surface area contributed by atoms with E-state index in [1.807, 2.05) is 24.3 Å². The minimum atomic E-state index is -2.73. The summed E-state index contributed by atoms with van der Waals surface area (Å²) in [7, 11) is 0. The molecule has 0 radical (unpaired) electrons. The lowest BCUT2D eigenvalue weighted by Gasteiger charge is -2.29. The fourth-order valence-electron chi connectivity index (χ4n) is 5.35. The summed E-state index contributed by atoms with van der Waals surface area (Å²) in [4.78, 5) is 32.7. The summed E-state index contributed by atoms with van der Waals surface area (Å²) in [6.07, 6.45) is 1.62. The first-order valence-corrected chi connectivity index (χ1v) is 13.7. The average molecular weight is 572 g/mol. The van der Waals surface area contributed by atoms with E-state index in [0.717, 1.165) is 72.0 Å². The summed E-state index contributed by atoms with van der Waals surface area (Å²) >= 11 is 0. The number of aromatic nitrogens is 4. The Labute approximate surface area is 240 Å². The van der Waals surface area contributed by atoms with Gasteiger partial charge >= 0.3 is 0 Å². The molecule has 5 heterocycles. The first-order valence-electron chi connectivity index (χ1n) is 13.7. The second-order valence-corrected chi connectivity index (χ2v) is 10.0. The lowest BCUT2D eigenvalue weighted by molar-refractivity contribution is -0.118. The van der Waals surface area contributed by atoms with Crippen molar-refractivity contribution in [3.63, 3.8) is 0 Å². The number of anilines is 2. The number of carbonyl (C=O) groups excluding carboxylic acids is 1. The van der Waals surface area contributed by atoms with E-state index in [9.17, 15) is 18.0 Å². The van der Waals surface area contributed by atoms with Crippen molar-refractivity contribution in [3.05, 3.63) is 90.6 Å². The number of hydrogen-bond acceptors (Lipinski definition) is 6. The van der Waals surface area contributed by atoms with Crippen molar-refractivity contribution in [2.45, 2.75) is 18.8 Å². The Kier molecular flexibility index (Phi) is 7.83. The van der Waals surface area contributed by atoms with Crippen molar-refractivity contribution in [3.8, 4) is 22.5 Å². The van der Waals surface area contributed by atoms with Crippen LogP contribution in [0, 0.1) is 5.82 Å². The normalized spacial score (nSPS) is 14.3. The van der Waals surface area contributed by atoms with Crippen LogP contribution in [-0.4, -0.2) is 58.4 Å². The van der Waals surface area contributed by atoms with E-state index in [1.165, 1.54) is 12.1 Å². The number of benzene rings is 1. The second kappa shape index (κ2) is 12.0. The molecule has 0 unspecified atom stereocenters. The van der Waals surface area contributed by atoms with Crippen molar-refractivity contribution < 1.29 is 18.0 Å². The summed E-state index contributed by atoms with van der Waals surface area (Å²) in [6.45, 7) is 3.46. The average Bonchev–Trinajstić information content (AvgIpc) is 3.41. The van der Waals surface area contributed by atoms with Crippen molar-refractivity contribution in [2.24, 2.45) is 0 Å². The van der Waals surface area contributed by atoms with Crippen LogP contribution in [0.4, 0.5) is 24.7 Å². The van der Waals surface area contributed by atoms with Crippen LogP contribution in [0.15, 0.2) is 79.3 Å². The molecule has 42 heavy (non-hydrogen) atoms. The maximum absolute atomic E-state index is 13.5. The lowest BCUT2D eigenvalue weighted by Crippen LogP contribution is -2.43. The monoisotopic (exact) mass is 571 g/mol. The second-order valence-electron chi connectivity index (χ2n) is 10.0. The fourth-order valence-corrected chi connectivity index (χ4v) is 5.35. The SMILES string of the molecule is O=C(Nc1cc(-c2[nH]c3c(N4CCNCC4)ccnc3c2-c2ccccn2)ccn1)[C@@H](CC(F)F)c1ccc(F)cc1. The van der Waals surface area contributed by atoms with Crippen LogP contribution in [0.2, 0.25) is 0 Å². The van der Waals surface area contributed by atoms with Gasteiger partial charge in [0.05, 0.1) is 34.1 Å². The highest BCUT2D eigenvalue weighted by Crippen LogP contribution is 2.40. The third-order valence-electron chi connectivity index (χ3n) is 7.35. The number of amides is 1. The highest BCUT2D eigenvalue weighted by atomic mass is 19.3. The van der Waals surface area contributed by atoms with Gasteiger partial charge in [-0.1, -0.05) is 18.2 Å². The van der Waals surface area contributed by atoms with Crippen molar-refractivity contribution >= 4 is 28.4 Å². The smallest absolute Gasteiger partial charge is 0.239 e. The third kappa shape index (κ3) is 5.68. The van der Waals surface area contributed by atoms with Gasteiger partial charge in [-0.15, -0.1) is 0 Å². The maximum atomic E-state index is 13.5. The Morgan fingerprint density at radius 2 is 1.74 bits per heavy atom. The molecule has 1 aliphatic heterocycles. The number of pyridine rings is 3. The highest BCUT2D eigenvalue weighted by Gasteiger charge is 2.26. The summed E-state index contributed by atoms with van der Waals surface area (Å²) in [5, 5.41) is 6.07. The Morgan fingerprint density at radius 3 is 2.48 bits per heavy atom. The quantitative estimate of drug-likeness (QED) is 0.224. The standard InChI is InChI=1S/C31H28F3N7O/c32-21-6-4-19(5-7-21)22(18-25(33)34)31(42)39-26-17-20(8-11-37-26)28-27(23-3-1-2-10-36-23)30-29(40-28)24(9-12-38-30)41-15-13-35-14-16-41/h1-12,17,22,25,35,40H,13-16,18H2,(H,37,39,42)/t22-/m0/s1. The zero-order valence-corrected chi connectivity index (χ0v) is 22.5. The predicted octanol–water partition coefficient (Wildman–Crippen LogP) is 5.61. The lowest BCUT2D eigenvalue weighted by atomic mass is 9.95. The van der Waals surface area contributed by atoms with E-state index in [2.05, 4.69) is 30.5 Å². The van der Waals surface area contributed by atoms with Crippen LogP contribution in [0.3, 0.4) is 0 Å². The number of hydrogen-bond donors (Lipinski definition) is 3. The molecular formula is C31H28F3N7O. The van der Waals surface area contributed by atoms with Gasteiger partial charge in [-0.3, -0.25) is 14.8 Å². The predicted molar refractivity (Wildman–Crippen MR) is 156 cm³/mol. The van der Waals surface area contributed by atoms with Crippen LogP contribution in [0.25, 0.3) is 33.5 Å². The molecule has 0 aliphatic carbocycles. The van der Waals surface area contributed by atoms with Crippen LogP contribution >= 0.6 is 0 Å². The van der Waals surface area contributed by atoms with E-state index in [0.29, 0.717) is 11.1 Å². The summed E-state index contributed by atoms with van der Waals surface area (Å²) in [6, 6.07) is 16.1. The molecule has 0 saturated carbocycles. The van der Waals surface area contributed by atoms with Gasteiger partial charge in [0, 0.05) is 56.8 Å². The van der Waals surface area contributed by atoms with Gasteiger partial charge in [-0.2, -0.15) is 0 Å². The van der Waals surface area contributed by atoms with Gasteiger partial charge in [0.15, 0.2) is 0 Å². The van der Waals surface area contributed by atoms with Gasteiger partial charge in [0.25, 0.3) is 0 Å². The van der Waals surface area contributed by atoms with Gasteiger partial charge < -0.3 is 20.5 Å². The Bertz CT molecular complexity index is 1690. The van der Waals surface area contributed by atoms with Crippen molar-refractivity contribution in [1.29, 1.82) is 0 Å². The van der Waals surface area contributed by atoms with Crippen LogP contribution in [-0.2, 0) is 4.79 Å². The molecule has 8 nitrogen and oxygen atoms in total. The molecule has 1 atom stereocenters. The molecule has 1 amide bonds. The number of H-pyrrole nitrogens is 1. The molecule has 0 spiro atoms. The third-order valence-corrected chi connectivity index (χ3v) is 7.35. The Hall–Kier alpha value is -4.77. The van der Waals surface area contributed by atoms with Crippen LogP contribution in [0.1, 0.15) is 17.9 Å². The Balaban J connectivity index is 1.39. The molecule has 0 bridgehead atoms. The molecule has 3 N–H and O–H groups in total. The molecule has 11 heteroatoms. The van der Waals surface area contributed by atoms with E-state index in [1.54, 1.807) is 30.7 Å². The topological polar surface area (TPSA) is 98.8 Å². The molecule has 1 fully saturated rings. The van der Waals surface area contributed by atoms with E-state index < -0.39 is 30.5 Å². The zero-order chi connectivity index (χ0) is 29.1. The number of fused-ring (bicyclic) bond motifs is 1. The molecule has 1 saturated heterocycles. The molecule has 5 aromatic rings. The number of piperazine rings is 1. The minimum Gasteiger partial charge on any atom is -0.367 e. The number of nitrogens with zero attached hydrogens (tertiary/aromatic N) is 4. The number of rotatable bonds is 8. The summed E-state index contributed by atoms with van der Waals surface area (Å²) in [5.41, 5.74) is 5.91. The molecule has 1 aromatic carbocycles. The first kappa shape index (κ1) is 27.4. The number of nitrogens with one attached hydrogen (secondary N) is 3. The number of alkyl halides is 2. The van der Waals surface area contributed by atoms with E-state index in [4.69, 9.17) is 4.98 Å². The van der Waals surface area contributed by atoms with Gasteiger partial charge in [0.2, 0.25) is 12.3 Å². The first-order chi connectivity index (χ1) is 20.5. The van der Waals surface area contributed by atoms with Crippen LogP contribution in [0.5, 0.6) is 0 Å². The molecular weight excluding hydrogens is 543 g/mol. The molecule has 6 rings (SSSR count). The molecule has 214 valence electrons.